The summed E-state index contributed by atoms with van der Waals surface area (Å²) in [5.74, 6) is 0.351. The van der Waals surface area contributed by atoms with E-state index >= 15 is 0 Å². The summed E-state index contributed by atoms with van der Waals surface area (Å²) in [6.45, 7) is 0.223. The minimum Gasteiger partial charge on any atom is -0.413 e. The number of nitrogens with zero attached hydrogens (tertiary/aromatic N) is 2. The van der Waals surface area contributed by atoms with Crippen molar-refractivity contribution in [3.05, 3.63) is 101 Å². The molecule has 3 aromatic rings. The van der Waals surface area contributed by atoms with E-state index in [2.05, 4.69) is 20.9 Å². The molecule has 1 aromatic heterocycles. The standard InChI is InChI=1S/C21H20BrN2O3P/c1-24(28(25,26)27-20-7-3-2-4-8-20)15-13-21(18-6-5-14-23-16-18)17-9-11-19(22)12-10-17/h2-14,16H,15H2,1H3,(H,25,26)/b21-13-. The number of likely N-dealkylation sites (N-methyl/N-ethyl adjacent to an activating group) is 1. The summed E-state index contributed by atoms with van der Waals surface area (Å²) >= 11 is 3.44. The molecule has 0 spiro atoms. The van der Waals surface area contributed by atoms with Gasteiger partial charge >= 0.3 is 7.75 Å². The Morgan fingerprint density at radius 2 is 1.82 bits per heavy atom. The van der Waals surface area contributed by atoms with E-state index in [9.17, 15) is 9.46 Å². The first kappa shape index (κ1) is 20.5. The van der Waals surface area contributed by atoms with Crippen molar-refractivity contribution in [3.8, 4) is 5.75 Å². The van der Waals surface area contributed by atoms with Crippen molar-refractivity contribution in [3.63, 3.8) is 0 Å². The van der Waals surface area contributed by atoms with Crippen LogP contribution in [0.2, 0.25) is 0 Å². The summed E-state index contributed by atoms with van der Waals surface area (Å²) in [5, 5.41) is 0. The lowest BCUT2D eigenvalue weighted by atomic mass is 9.99. The topological polar surface area (TPSA) is 62.7 Å². The lowest BCUT2D eigenvalue weighted by Crippen LogP contribution is -2.18. The molecule has 144 valence electrons. The van der Waals surface area contributed by atoms with Crippen molar-refractivity contribution >= 4 is 29.2 Å². The highest BCUT2D eigenvalue weighted by Crippen LogP contribution is 2.45. The van der Waals surface area contributed by atoms with Crippen LogP contribution < -0.4 is 4.52 Å². The molecule has 2 aromatic carbocycles. The van der Waals surface area contributed by atoms with Crippen LogP contribution in [0.15, 0.2) is 89.7 Å². The van der Waals surface area contributed by atoms with Crippen LogP contribution >= 0.6 is 23.7 Å². The largest absolute Gasteiger partial charge is 0.458 e. The molecule has 3 rings (SSSR count). The molecule has 5 nitrogen and oxygen atoms in total. The lowest BCUT2D eigenvalue weighted by Gasteiger charge is -2.22. The molecular weight excluding hydrogens is 439 g/mol. The second-order valence-corrected chi connectivity index (χ2v) is 8.86. The Labute approximate surface area is 173 Å². The second kappa shape index (κ2) is 9.30. The summed E-state index contributed by atoms with van der Waals surface area (Å²) in [7, 11) is -2.43. The van der Waals surface area contributed by atoms with Crippen LogP contribution in [0.3, 0.4) is 0 Å². The molecule has 0 amide bonds. The van der Waals surface area contributed by atoms with Gasteiger partial charge in [-0.1, -0.05) is 58.4 Å². The van der Waals surface area contributed by atoms with E-state index in [0.717, 1.165) is 21.2 Å². The van der Waals surface area contributed by atoms with Gasteiger partial charge in [0.05, 0.1) is 0 Å². The molecule has 0 radical (unpaired) electrons. The molecular formula is C21H20BrN2O3P. The average molecular weight is 459 g/mol. The smallest absolute Gasteiger partial charge is 0.413 e. The summed E-state index contributed by atoms with van der Waals surface area (Å²) in [6, 6.07) is 20.3. The SMILES string of the molecule is CN(C/C=C(/c1ccc(Br)cc1)c1cccnc1)P(=O)(O)Oc1ccccc1. The lowest BCUT2D eigenvalue weighted by molar-refractivity contribution is 0.309. The Bertz CT molecular complexity index is 980. The van der Waals surface area contributed by atoms with Crippen molar-refractivity contribution in [1.29, 1.82) is 0 Å². The van der Waals surface area contributed by atoms with Gasteiger partial charge < -0.3 is 9.42 Å². The minimum absolute atomic E-state index is 0.223. The third kappa shape index (κ3) is 5.40. The Hall–Kier alpha value is -2.24. The fourth-order valence-electron chi connectivity index (χ4n) is 2.57. The molecule has 0 saturated heterocycles. The van der Waals surface area contributed by atoms with Crippen molar-refractivity contribution < 1.29 is 14.0 Å². The highest BCUT2D eigenvalue weighted by atomic mass is 79.9. The van der Waals surface area contributed by atoms with E-state index in [1.807, 2.05) is 48.5 Å². The van der Waals surface area contributed by atoms with Crippen LogP contribution in [0, 0.1) is 0 Å². The maximum atomic E-state index is 12.6. The van der Waals surface area contributed by atoms with Gasteiger partial charge in [0.1, 0.15) is 5.75 Å². The van der Waals surface area contributed by atoms with E-state index in [0.29, 0.717) is 5.75 Å². The van der Waals surface area contributed by atoms with E-state index in [1.54, 1.807) is 43.7 Å². The van der Waals surface area contributed by atoms with Crippen molar-refractivity contribution in [2.45, 2.75) is 0 Å². The van der Waals surface area contributed by atoms with E-state index in [-0.39, 0.29) is 6.54 Å². The summed E-state index contributed by atoms with van der Waals surface area (Å²) in [6.07, 6.45) is 5.38. The fraction of sp³-hybridized carbons (Fsp3) is 0.0952. The highest BCUT2D eigenvalue weighted by Gasteiger charge is 2.27. The number of benzene rings is 2. The van der Waals surface area contributed by atoms with Crippen molar-refractivity contribution in [2.24, 2.45) is 0 Å². The number of para-hydroxylation sites is 1. The van der Waals surface area contributed by atoms with Gasteiger partial charge in [-0.25, -0.2) is 4.57 Å². The van der Waals surface area contributed by atoms with Gasteiger partial charge in [0.25, 0.3) is 0 Å². The van der Waals surface area contributed by atoms with E-state index < -0.39 is 7.75 Å². The minimum atomic E-state index is -3.99. The van der Waals surface area contributed by atoms with E-state index in [1.165, 1.54) is 4.67 Å². The number of hydrogen-bond acceptors (Lipinski definition) is 3. The van der Waals surface area contributed by atoms with Gasteiger partial charge in [0.2, 0.25) is 0 Å². The van der Waals surface area contributed by atoms with Crippen LogP contribution in [-0.2, 0) is 4.57 Å². The number of hydrogen-bond donors (Lipinski definition) is 1. The van der Waals surface area contributed by atoms with Crippen molar-refractivity contribution in [1.82, 2.24) is 9.65 Å². The molecule has 1 N–H and O–H groups in total. The third-order valence-corrected chi connectivity index (χ3v) is 6.09. The number of aromatic nitrogens is 1. The summed E-state index contributed by atoms with van der Waals surface area (Å²) in [4.78, 5) is 14.5. The average Bonchev–Trinajstić information content (AvgIpc) is 2.70. The predicted octanol–water partition coefficient (Wildman–Crippen LogP) is 5.39. The molecule has 7 heteroatoms. The predicted molar refractivity (Wildman–Crippen MR) is 115 cm³/mol. The molecule has 1 heterocycles. The fourth-order valence-corrected chi connectivity index (χ4v) is 3.66. The molecule has 1 atom stereocenters. The molecule has 1 unspecified atom stereocenters. The first-order valence-corrected chi connectivity index (χ1v) is 10.9. The van der Waals surface area contributed by atoms with Crippen molar-refractivity contribution in [2.75, 3.05) is 13.6 Å². The van der Waals surface area contributed by atoms with Crippen LogP contribution in [0.5, 0.6) is 5.75 Å². The zero-order chi connectivity index (χ0) is 20.0. The number of rotatable bonds is 7. The maximum Gasteiger partial charge on any atom is 0.458 e. The van der Waals surface area contributed by atoms with Gasteiger partial charge in [-0.3, -0.25) is 4.98 Å². The first-order valence-electron chi connectivity index (χ1n) is 8.61. The van der Waals surface area contributed by atoms with Gasteiger partial charge in [-0.2, -0.15) is 4.67 Å². The maximum absolute atomic E-state index is 12.6. The normalized spacial score (nSPS) is 13.9. The van der Waals surface area contributed by atoms with Crippen LogP contribution in [0.1, 0.15) is 11.1 Å². The highest BCUT2D eigenvalue weighted by molar-refractivity contribution is 9.10. The number of halogens is 1. The molecule has 0 aliphatic carbocycles. The van der Waals surface area contributed by atoms with E-state index in [4.69, 9.17) is 4.52 Å². The third-order valence-electron chi connectivity index (χ3n) is 4.09. The Morgan fingerprint density at radius 3 is 2.46 bits per heavy atom. The number of pyridine rings is 1. The monoisotopic (exact) mass is 458 g/mol. The molecule has 0 fully saturated rings. The quantitative estimate of drug-likeness (QED) is 0.481. The Morgan fingerprint density at radius 1 is 1.11 bits per heavy atom. The van der Waals surface area contributed by atoms with Gasteiger partial charge in [0, 0.05) is 29.0 Å². The first-order chi connectivity index (χ1) is 13.5. The summed E-state index contributed by atoms with van der Waals surface area (Å²) in [5.41, 5.74) is 2.84. The van der Waals surface area contributed by atoms with Gasteiger partial charge in [-0.15, -0.1) is 0 Å². The Balaban J connectivity index is 1.84. The zero-order valence-electron chi connectivity index (χ0n) is 15.3. The molecule has 0 aliphatic rings. The zero-order valence-corrected chi connectivity index (χ0v) is 17.8. The molecule has 0 aliphatic heterocycles. The van der Waals surface area contributed by atoms with Gasteiger partial charge in [-0.05, 0) is 48.5 Å². The van der Waals surface area contributed by atoms with Crippen LogP contribution in [-0.4, -0.2) is 28.1 Å². The molecule has 28 heavy (non-hydrogen) atoms. The van der Waals surface area contributed by atoms with Gasteiger partial charge in [0.15, 0.2) is 0 Å². The Kier molecular flexibility index (Phi) is 6.81. The van der Waals surface area contributed by atoms with Crippen LogP contribution in [0.4, 0.5) is 0 Å². The second-order valence-electron chi connectivity index (χ2n) is 6.10. The molecule has 0 bridgehead atoms. The molecule has 0 saturated carbocycles. The van der Waals surface area contributed by atoms with Crippen LogP contribution in [0.25, 0.3) is 5.57 Å². The summed E-state index contributed by atoms with van der Waals surface area (Å²) < 4.78 is 20.2.